The molecule has 0 unspecified atom stereocenters. The lowest BCUT2D eigenvalue weighted by molar-refractivity contribution is 0.454. The van der Waals surface area contributed by atoms with Crippen molar-refractivity contribution in [2.45, 2.75) is 6.92 Å². The van der Waals surface area contributed by atoms with Crippen LogP contribution in [0.2, 0.25) is 0 Å². The maximum Gasteiger partial charge on any atom is 0.263 e. The summed E-state index contributed by atoms with van der Waals surface area (Å²) in [5, 5.41) is 10.1. The molecule has 0 saturated heterocycles. The normalized spacial score (nSPS) is 10.8. The minimum absolute atomic E-state index is 0.160. The fraction of sp³-hybridized carbons (Fsp3) is 0.133. The second-order valence-electron chi connectivity index (χ2n) is 4.84. The van der Waals surface area contributed by atoms with Crippen LogP contribution < -0.4 is 5.56 Å². The number of aromatic amines is 1. The average molecular weight is 282 g/mol. The summed E-state index contributed by atoms with van der Waals surface area (Å²) in [7, 11) is 1.78. The fourth-order valence-electron chi connectivity index (χ4n) is 2.14. The molecule has 6 nitrogen and oxygen atoms in total. The molecule has 0 bridgehead atoms. The van der Waals surface area contributed by atoms with Crippen LogP contribution in [0.25, 0.3) is 22.8 Å². The van der Waals surface area contributed by atoms with Gasteiger partial charge in [0.25, 0.3) is 5.56 Å². The molecule has 0 aliphatic rings. The highest BCUT2D eigenvalue weighted by Crippen LogP contribution is 2.25. The van der Waals surface area contributed by atoms with Crippen molar-refractivity contribution in [3.8, 4) is 28.7 Å². The Morgan fingerprint density at radius 1 is 1.24 bits per heavy atom. The van der Waals surface area contributed by atoms with Crippen molar-refractivity contribution >= 4 is 0 Å². The van der Waals surface area contributed by atoms with Crippen LogP contribution in [-0.2, 0) is 7.05 Å². The van der Waals surface area contributed by atoms with Crippen LogP contribution in [0.3, 0.4) is 0 Å². The molecule has 106 valence electrons. The number of benzene rings is 1. The highest BCUT2D eigenvalue weighted by atomic mass is 16.3. The third kappa shape index (κ3) is 2.31. The van der Waals surface area contributed by atoms with Gasteiger partial charge < -0.3 is 14.7 Å². The smallest absolute Gasteiger partial charge is 0.263 e. The van der Waals surface area contributed by atoms with E-state index in [0.717, 1.165) is 5.56 Å². The molecule has 2 aromatic heterocycles. The van der Waals surface area contributed by atoms with Gasteiger partial charge in [0.15, 0.2) is 11.6 Å². The van der Waals surface area contributed by atoms with Crippen LogP contribution in [-0.4, -0.2) is 24.6 Å². The molecular formula is C15H14N4O2. The lowest BCUT2D eigenvalue weighted by Gasteiger charge is -2.06. The van der Waals surface area contributed by atoms with Gasteiger partial charge in [-0.1, -0.05) is 29.8 Å². The van der Waals surface area contributed by atoms with Gasteiger partial charge in [-0.3, -0.25) is 4.79 Å². The summed E-state index contributed by atoms with van der Waals surface area (Å²) in [5.74, 6) is 0.416. The van der Waals surface area contributed by atoms with Gasteiger partial charge in [0, 0.05) is 19.4 Å². The van der Waals surface area contributed by atoms with Crippen molar-refractivity contribution < 1.29 is 5.11 Å². The maximum absolute atomic E-state index is 12.3. The van der Waals surface area contributed by atoms with E-state index in [0.29, 0.717) is 11.4 Å². The zero-order valence-corrected chi connectivity index (χ0v) is 11.7. The van der Waals surface area contributed by atoms with E-state index in [1.54, 1.807) is 36.1 Å². The predicted molar refractivity (Wildman–Crippen MR) is 78.9 cm³/mol. The summed E-state index contributed by atoms with van der Waals surface area (Å²) in [6, 6.07) is 7.31. The van der Waals surface area contributed by atoms with Crippen LogP contribution in [0.15, 0.2) is 41.5 Å². The molecule has 0 aliphatic heterocycles. The summed E-state index contributed by atoms with van der Waals surface area (Å²) in [5.41, 5.74) is 1.46. The molecule has 6 heteroatoms. The molecule has 3 rings (SSSR count). The van der Waals surface area contributed by atoms with Gasteiger partial charge in [0.2, 0.25) is 5.88 Å². The molecule has 2 heterocycles. The molecule has 0 amide bonds. The van der Waals surface area contributed by atoms with Crippen molar-refractivity contribution in [3.05, 3.63) is 52.6 Å². The number of nitrogens with one attached hydrogen (secondary N) is 1. The van der Waals surface area contributed by atoms with Crippen LogP contribution in [0.5, 0.6) is 5.88 Å². The molecule has 0 fully saturated rings. The van der Waals surface area contributed by atoms with E-state index < -0.39 is 5.56 Å². The van der Waals surface area contributed by atoms with Gasteiger partial charge in [-0.2, -0.15) is 4.98 Å². The van der Waals surface area contributed by atoms with Crippen molar-refractivity contribution in [2.24, 2.45) is 7.05 Å². The number of aryl methyl sites for hydroxylation is 2. The molecule has 0 atom stereocenters. The molecular weight excluding hydrogens is 268 g/mol. The van der Waals surface area contributed by atoms with Gasteiger partial charge in [0.1, 0.15) is 5.56 Å². The van der Waals surface area contributed by atoms with Crippen LogP contribution in [0, 0.1) is 6.92 Å². The van der Waals surface area contributed by atoms with Crippen molar-refractivity contribution in [1.29, 1.82) is 0 Å². The fourth-order valence-corrected chi connectivity index (χ4v) is 2.14. The van der Waals surface area contributed by atoms with E-state index >= 15 is 0 Å². The summed E-state index contributed by atoms with van der Waals surface area (Å²) < 4.78 is 1.71. The summed E-state index contributed by atoms with van der Waals surface area (Å²) >= 11 is 0. The Morgan fingerprint density at radius 3 is 2.52 bits per heavy atom. The second kappa shape index (κ2) is 4.90. The largest absolute Gasteiger partial charge is 0.493 e. The zero-order valence-electron chi connectivity index (χ0n) is 11.7. The van der Waals surface area contributed by atoms with Crippen molar-refractivity contribution in [2.75, 3.05) is 0 Å². The Balaban J connectivity index is 2.15. The Hall–Kier alpha value is -2.89. The molecule has 0 aliphatic carbocycles. The number of aromatic nitrogens is 4. The van der Waals surface area contributed by atoms with Crippen molar-refractivity contribution in [1.82, 2.24) is 19.5 Å². The Morgan fingerprint density at radius 2 is 1.95 bits per heavy atom. The maximum atomic E-state index is 12.3. The first-order valence-electron chi connectivity index (χ1n) is 6.44. The summed E-state index contributed by atoms with van der Waals surface area (Å²) in [4.78, 5) is 23.1. The second-order valence-corrected chi connectivity index (χ2v) is 4.84. The van der Waals surface area contributed by atoms with E-state index in [9.17, 15) is 9.90 Å². The molecule has 3 aromatic rings. The number of aromatic hydroxyl groups is 1. The van der Waals surface area contributed by atoms with Crippen LogP contribution in [0.1, 0.15) is 5.56 Å². The molecule has 0 radical (unpaired) electrons. The summed E-state index contributed by atoms with van der Waals surface area (Å²) in [6.45, 7) is 1.95. The average Bonchev–Trinajstić information content (AvgIpc) is 2.86. The van der Waals surface area contributed by atoms with Gasteiger partial charge >= 0.3 is 0 Å². The Labute approximate surface area is 120 Å². The van der Waals surface area contributed by atoms with E-state index in [1.165, 1.54) is 0 Å². The van der Waals surface area contributed by atoms with Crippen LogP contribution in [0.4, 0.5) is 0 Å². The van der Waals surface area contributed by atoms with Crippen LogP contribution >= 0.6 is 0 Å². The lowest BCUT2D eigenvalue weighted by Crippen LogP contribution is -2.13. The number of nitrogens with zero attached hydrogens (tertiary/aromatic N) is 3. The molecule has 0 spiro atoms. The highest BCUT2D eigenvalue weighted by Gasteiger charge is 2.15. The predicted octanol–water partition coefficient (Wildman–Crippen LogP) is 1.85. The van der Waals surface area contributed by atoms with E-state index in [-0.39, 0.29) is 17.3 Å². The minimum Gasteiger partial charge on any atom is -0.493 e. The van der Waals surface area contributed by atoms with Gasteiger partial charge in [-0.15, -0.1) is 0 Å². The highest BCUT2D eigenvalue weighted by molar-refractivity contribution is 5.68. The van der Waals surface area contributed by atoms with Gasteiger partial charge in [-0.25, -0.2) is 4.98 Å². The number of H-pyrrole nitrogens is 1. The van der Waals surface area contributed by atoms with E-state index in [2.05, 4.69) is 15.0 Å². The number of rotatable bonds is 2. The molecule has 0 saturated carbocycles. The van der Waals surface area contributed by atoms with Gasteiger partial charge in [0.05, 0.1) is 0 Å². The first kappa shape index (κ1) is 13.1. The number of hydrogen-bond acceptors (Lipinski definition) is 4. The van der Waals surface area contributed by atoms with E-state index in [4.69, 9.17) is 0 Å². The third-order valence-corrected chi connectivity index (χ3v) is 3.27. The van der Waals surface area contributed by atoms with E-state index in [1.807, 2.05) is 19.1 Å². The summed E-state index contributed by atoms with van der Waals surface area (Å²) in [6.07, 6.45) is 3.33. The zero-order chi connectivity index (χ0) is 15.0. The monoisotopic (exact) mass is 282 g/mol. The molecule has 1 aromatic carbocycles. The number of imidazole rings is 1. The SMILES string of the molecule is Cc1ccc(-c2c(O)nc(-c3nccn3C)[nH]c2=O)cc1. The van der Waals surface area contributed by atoms with Gasteiger partial charge in [-0.05, 0) is 12.5 Å². The van der Waals surface area contributed by atoms with Crippen molar-refractivity contribution in [3.63, 3.8) is 0 Å². The molecule has 21 heavy (non-hydrogen) atoms. The first-order chi connectivity index (χ1) is 10.1. The lowest BCUT2D eigenvalue weighted by atomic mass is 10.1. The first-order valence-corrected chi connectivity index (χ1v) is 6.44. The number of hydrogen-bond donors (Lipinski definition) is 2. The third-order valence-electron chi connectivity index (χ3n) is 3.27. The Bertz CT molecular complexity index is 847. The Kier molecular flexibility index (Phi) is 3.06. The minimum atomic E-state index is -0.399. The quantitative estimate of drug-likeness (QED) is 0.751. The topological polar surface area (TPSA) is 83.8 Å². The molecule has 2 N–H and O–H groups in total. The standard InChI is InChI=1S/C15H14N4O2/c1-9-3-5-10(6-4-9)11-14(20)17-12(18-15(11)21)13-16-7-8-19(13)2/h3-8H,1-2H3,(H2,17,18,20,21).